The fourth-order valence-electron chi connectivity index (χ4n) is 4.54. The van der Waals surface area contributed by atoms with Crippen molar-refractivity contribution in [1.82, 2.24) is 14.8 Å². The summed E-state index contributed by atoms with van der Waals surface area (Å²) in [4.78, 5) is 28.6. The van der Waals surface area contributed by atoms with Crippen LogP contribution < -0.4 is 10.7 Å². The number of aryl methyl sites for hydroxylation is 1. The standard InChI is InChI=1S/C29H32ClN3O3/c1-32(2)12-4-5-23-16-22(15-20-10-13-36-14-11-20)17-25-27(23)33(3)19-26(28(25)34)29(35)31-18-21-6-8-24(30)9-7-21/h6-9,16-17,19-20H,10-15,18H2,1-3H3,(H,31,35). The molecule has 0 aliphatic carbocycles. The van der Waals surface area contributed by atoms with Crippen LogP contribution in [0.25, 0.3) is 10.9 Å². The van der Waals surface area contributed by atoms with E-state index in [-0.39, 0.29) is 11.0 Å². The fourth-order valence-corrected chi connectivity index (χ4v) is 4.67. The lowest BCUT2D eigenvalue weighted by Gasteiger charge is -2.22. The van der Waals surface area contributed by atoms with E-state index in [1.165, 1.54) is 0 Å². The van der Waals surface area contributed by atoms with Crippen molar-refractivity contribution in [2.75, 3.05) is 33.9 Å². The second-order valence-electron chi connectivity index (χ2n) is 9.63. The van der Waals surface area contributed by atoms with E-state index in [4.69, 9.17) is 16.3 Å². The first-order valence-electron chi connectivity index (χ1n) is 12.2. The van der Waals surface area contributed by atoms with Crippen molar-refractivity contribution in [3.8, 4) is 11.8 Å². The number of ether oxygens (including phenoxy) is 1. The van der Waals surface area contributed by atoms with Crippen LogP contribution in [0.15, 0.2) is 47.4 Å². The quantitative estimate of drug-likeness (QED) is 0.514. The Morgan fingerprint density at radius 1 is 1.17 bits per heavy atom. The van der Waals surface area contributed by atoms with Crippen LogP contribution in [0.5, 0.6) is 0 Å². The Hall–Kier alpha value is -3.11. The number of rotatable bonds is 6. The lowest BCUT2D eigenvalue weighted by molar-refractivity contribution is 0.0665. The van der Waals surface area contributed by atoms with Gasteiger partial charge in [-0.3, -0.25) is 14.5 Å². The molecule has 0 radical (unpaired) electrons. The fraction of sp³-hybridized carbons (Fsp3) is 0.379. The van der Waals surface area contributed by atoms with Crippen LogP contribution in [0.4, 0.5) is 0 Å². The minimum atomic E-state index is -0.400. The van der Waals surface area contributed by atoms with Crippen LogP contribution in [0, 0.1) is 17.8 Å². The van der Waals surface area contributed by atoms with Gasteiger partial charge in [0.2, 0.25) is 5.43 Å². The van der Waals surface area contributed by atoms with Gasteiger partial charge in [-0.15, -0.1) is 0 Å². The Bertz CT molecular complexity index is 1360. The van der Waals surface area contributed by atoms with E-state index < -0.39 is 5.91 Å². The molecule has 1 aliphatic heterocycles. The molecule has 0 atom stereocenters. The van der Waals surface area contributed by atoms with E-state index in [0.29, 0.717) is 29.4 Å². The Labute approximate surface area is 217 Å². The molecule has 1 saturated heterocycles. The number of fused-ring (bicyclic) bond motifs is 1. The average molecular weight is 506 g/mol. The number of hydrogen-bond donors (Lipinski definition) is 1. The van der Waals surface area contributed by atoms with Gasteiger partial charge in [-0.2, -0.15) is 0 Å². The average Bonchev–Trinajstić information content (AvgIpc) is 2.86. The van der Waals surface area contributed by atoms with Crippen molar-refractivity contribution < 1.29 is 9.53 Å². The van der Waals surface area contributed by atoms with Gasteiger partial charge < -0.3 is 14.6 Å². The number of halogens is 1. The zero-order valence-corrected chi connectivity index (χ0v) is 21.8. The molecule has 4 rings (SSSR count). The van der Waals surface area contributed by atoms with Gasteiger partial charge in [0.05, 0.1) is 12.1 Å². The first-order valence-corrected chi connectivity index (χ1v) is 12.6. The summed E-state index contributed by atoms with van der Waals surface area (Å²) < 4.78 is 7.35. The third-order valence-corrected chi connectivity index (χ3v) is 6.68. The molecule has 0 spiro atoms. The molecule has 2 heterocycles. The van der Waals surface area contributed by atoms with Crippen LogP contribution in [0.3, 0.4) is 0 Å². The number of nitrogens with zero attached hydrogens (tertiary/aromatic N) is 2. The monoisotopic (exact) mass is 505 g/mol. The number of hydrogen-bond acceptors (Lipinski definition) is 4. The summed E-state index contributed by atoms with van der Waals surface area (Å²) in [7, 11) is 5.80. The maximum absolute atomic E-state index is 13.6. The van der Waals surface area contributed by atoms with Crippen LogP contribution in [0.2, 0.25) is 5.02 Å². The molecule has 7 heteroatoms. The molecule has 1 aliphatic rings. The SMILES string of the molecule is CN(C)CC#Cc1cc(CC2CCOCC2)cc2c(=O)c(C(=O)NCc3ccc(Cl)cc3)cn(C)c12. The smallest absolute Gasteiger partial charge is 0.257 e. The van der Waals surface area contributed by atoms with Crippen molar-refractivity contribution in [2.45, 2.75) is 25.8 Å². The Kier molecular flexibility index (Phi) is 8.48. The molecule has 1 N–H and O–H groups in total. The number of benzene rings is 2. The van der Waals surface area contributed by atoms with Gasteiger partial charge in [-0.05, 0) is 74.7 Å². The van der Waals surface area contributed by atoms with Crippen LogP contribution in [-0.2, 0) is 24.8 Å². The summed E-state index contributed by atoms with van der Waals surface area (Å²) in [5.74, 6) is 6.59. The van der Waals surface area contributed by atoms with E-state index in [9.17, 15) is 9.59 Å². The number of carbonyl (C=O) groups excluding carboxylic acids is 1. The van der Waals surface area contributed by atoms with Crippen molar-refractivity contribution in [3.05, 3.63) is 80.1 Å². The topological polar surface area (TPSA) is 63.6 Å². The van der Waals surface area contributed by atoms with E-state index >= 15 is 0 Å². The lowest BCUT2D eigenvalue weighted by atomic mass is 9.90. The second-order valence-corrected chi connectivity index (χ2v) is 10.1. The first-order chi connectivity index (χ1) is 17.3. The predicted octanol–water partition coefficient (Wildman–Crippen LogP) is 4.00. The van der Waals surface area contributed by atoms with Gasteiger partial charge in [0.1, 0.15) is 5.56 Å². The Morgan fingerprint density at radius 2 is 1.89 bits per heavy atom. The largest absolute Gasteiger partial charge is 0.381 e. The maximum Gasteiger partial charge on any atom is 0.257 e. The summed E-state index contributed by atoms with van der Waals surface area (Å²) in [6.45, 7) is 2.47. The first kappa shape index (κ1) is 26.0. The van der Waals surface area contributed by atoms with E-state index in [1.807, 2.05) is 48.8 Å². The minimum absolute atomic E-state index is 0.120. The van der Waals surface area contributed by atoms with Crippen molar-refractivity contribution in [2.24, 2.45) is 13.0 Å². The molecule has 0 unspecified atom stereocenters. The Morgan fingerprint density at radius 3 is 2.58 bits per heavy atom. The molecular formula is C29H32ClN3O3. The van der Waals surface area contributed by atoms with Crippen LogP contribution in [0.1, 0.15) is 39.9 Å². The highest BCUT2D eigenvalue weighted by Gasteiger charge is 2.19. The molecule has 3 aromatic rings. The number of pyridine rings is 1. The maximum atomic E-state index is 13.6. The summed E-state index contributed by atoms with van der Waals surface area (Å²) in [6.07, 6.45) is 4.48. The van der Waals surface area contributed by atoms with Gasteiger partial charge in [-0.1, -0.05) is 35.6 Å². The highest BCUT2D eigenvalue weighted by Crippen LogP contribution is 2.25. The van der Waals surface area contributed by atoms with Crippen molar-refractivity contribution >= 4 is 28.4 Å². The normalized spacial score (nSPS) is 14.0. The zero-order valence-electron chi connectivity index (χ0n) is 21.1. The summed E-state index contributed by atoms with van der Waals surface area (Å²) in [6, 6.07) is 11.3. The molecule has 1 fully saturated rings. The summed E-state index contributed by atoms with van der Waals surface area (Å²) in [5.41, 5.74) is 3.37. The third-order valence-electron chi connectivity index (χ3n) is 6.43. The summed E-state index contributed by atoms with van der Waals surface area (Å²) in [5, 5.41) is 4.02. The van der Waals surface area contributed by atoms with Gasteiger partial charge in [0.15, 0.2) is 0 Å². The third kappa shape index (κ3) is 6.36. The highest BCUT2D eigenvalue weighted by molar-refractivity contribution is 6.30. The second kappa shape index (κ2) is 11.7. The van der Waals surface area contributed by atoms with Gasteiger partial charge in [-0.25, -0.2) is 0 Å². The molecule has 0 bridgehead atoms. The highest BCUT2D eigenvalue weighted by atomic mass is 35.5. The number of carbonyl (C=O) groups is 1. The molecular weight excluding hydrogens is 474 g/mol. The molecule has 2 aromatic carbocycles. The van der Waals surface area contributed by atoms with E-state index in [0.717, 1.165) is 54.7 Å². The number of aromatic nitrogens is 1. The molecule has 1 amide bonds. The molecule has 1 aromatic heterocycles. The number of amides is 1. The van der Waals surface area contributed by atoms with Crippen LogP contribution >= 0.6 is 11.6 Å². The zero-order chi connectivity index (χ0) is 25.7. The lowest BCUT2D eigenvalue weighted by Crippen LogP contribution is -2.29. The van der Waals surface area contributed by atoms with Gasteiger partial charge in [0, 0.05) is 49.0 Å². The van der Waals surface area contributed by atoms with E-state index in [1.54, 1.807) is 18.3 Å². The number of nitrogens with one attached hydrogen (secondary N) is 1. The molecule has 36 heavy (non-hydrogen) atoms. The minimum Gasteiger partial charge on any atom is -0.381 e. The van der Waals surface area contributed by atoms with Crippen molar-refractivity contribution in [3.63, 3.8) is 0 Å². The molecule has 188 valence electrons. The van der Waals surface area contributed by atoms with E-state index in [2.05, 4.69) is 23.2 Å². The Balaban J connectivity index is 1.71. The molecule has 0 saturated carbocycles. The van der Waals surface area contributed by atoms with Crippen molar-refractivity contribution in [1.29, 1.82) is 0 Å². The summed E-state index contributed by atoms with van der Waals surface area (Å²) >= 11 is 5.95. The van der Waals surface area contributed by atoms with Crippen LogP contribution in [-0.4, -0.2) is 49.2 Å². The predicted molar refractivity (Wildman–Crippen MR) is 144 cm³/mol. The molecule has 6 nitrogen and oxygen atoms in total. The van der Waals surface area contributed by atoms with Gasteiger partial charge >= 0.3 is 0 Å². The van der Waals surface area contributed by atoms with Gasteiger partial charge in [0.25, 0.3) is 5.91 Å².